The summed E-state index contributed by atoms with van der Waals surface area (Å²) >= 11 is 0. The molecule has 1 aromatic heterocycles. The Morgan fingerprint density at radius 2 is 1.80 bits per heavy atom. The molecule has 0 atom stereocenters. The molecule has 5 heteroatoms. The van der Waals surface area contributed by atoms with E-state index in [9.17, 15) is 4.79 Å². The molecule has 0 aliphatic heterocycles. The first-order valence-corrected chi connectivity index (χ1v) is 6.07. The third-order valence-corrected chi connectivity index (χ3v) is 3.08. The first-order chi connectivity index (χ1) is 9.66. The van der Waals surface area contributed by atoms with Crippen LogP contribution >= 0.6 is 0 Å². The number of carbonyl (C=O) groups excluding carboxylic acids is 1. The number of rotatable bonds is 2. The molecule has 4 N–H and O–H groups in total. The minimum atomic E-state index is -0.522. The summed E-state index contributed by atoms with van der Waals surface area (Å²) in [6.45, 7) is 0. The van der Waals surface area contributed by atoms with Crippen LogP contribution in [-0.2, 0) is 0 Å². The molecule has 0 unspecified atom stereocenters. The van der Waals surface area contributed by atoms with Crippen LogP contribution in [0.1, 0.15) is 10.4 Å². The topological polar surface area (TPSA) is 94.9 Å². The van der Waals surface area contributed by atoms with Crippen molar-refractivity contribution in [1.82, 2.24) is 9.97 Å². The summed E-state index contributed by atoms with van der Waals surface area (Å²) in [5, 5.41) is 0.567. The van der Waals surface area contributed by atoms with E-state index in [4.69, 9.17) is 11.5 Å². The molecular weight excluding hydrogens is 252 g/mol. The van der Waals surface area contributed by atoms with Crippen LogP contribution in [0.25, 0.3) is 22.3 Å². The molecule has 3 aromatic rings. The van der Waals surface area contributed by atoms with Gasteiger partial charge >= 0.3 is 0 Å². The third kappa shape index (κ3) is 1.95. The van der Waals surface area contributed by atoms with E-state index in [-0.39, 0.29) is 0 Å². The van der Waals surface area contributed by atoms with Gasteiger partial charge in [0.05, 0.1) is 16.8 Å². The third-order valence-electron chi connectivity index (χ3n) is 3.08. The second-order valence-corrected chi connectivity index (χ2v) is 4.39. The van der Waals surface area contributed by atoms with Gasteiger partial charge in [0, 0.05) is 17.1 Å². The number of hydrogen-bond acceptors (Lipinski definition) is 4. The number of aromatic nitrogens is 2. The quantitative estimate of drug-likeness (QED) is 0.692. The molecule has 98 valence electrons. The number of hydrogen-bond donors (Lipinski definition) is 2. The Morgan fingerprint density at radius 3 is 2.50 bits per heavy atom. The van der Waals surface area contributed by atoms with Gasteiger partial charge in [0.15, 0.2) is 5.82 Å². The summed E-state index contributed by atoms with van der Waals surface area (Å²) in [6.07, 6.45) is 1.58. The predicted molar refractivity (Wildman–Crippen MR) is 77.9 cm³/mol. The van der Waals surface area contributed by atoms with Gasteiger partial charge in [0.2, 0.25) is 5.91 Å². The van der Waals surface area contributed by atoms with Crippen LogP contribution in [0.3, 0.4) is 0 Å². The fourth-order valence-electron chi connectivity index (χ4n) is 2.08. The van der Waals surface area contributed by atoms with Crippen LogP contribution in [-0.4, -0.2) is 15.9 Å². The maximum absolute atomic E-state index is 11.4. The zero-order chi connectivity index (χ0) is 14.1. The molecule has 20 heavy (non-hydrogen) atoms. The highest BCUT2D eigenvalue weighted by Gasteiger charge is 2.11. The summed E-state index contributed by atoms with van der Waals surface area (Å²) in [5.74, 6) is 0.0393. The molecule has 0 aliphatic rings. The number of carbonyl (C=O) groups is 1. The highest BCUT2D eigenvalue weighted by Crippen LogP contribution is 2.25. The van der Waals surface area contributed by atoms with Gasteiger partial charge in [-0.2, -0.15) is 0 Å². The second-order valence-electron chi connectivity index (χ2n) is 4.39. The summed E-state index contributed by atoms with van der Waals surface area (Å²) in [6, 6.07) is 12.8. The average molecular weight is 264 g/mol. The van der Waals surface area contributed by atoms with Gasteiger partial charge < -0.3 is 11.5 Å². The van der Waals surface area contributed by atoms with E-state index < -0.39 is 5.91 Å². The monoisotopic (exact) mass is 264 g/mol. The number of fused-ring (bicyclic) bond motifs is 1. The number of anilines is 1. The lowest BCUT2D eigenvalue weighted by Gasteiger charge is -2.07. The molecule has 1 heterocycles. The van der Waals surface area contributed by atoms with Gasteiger partial charge in [-0.25, -0.2) is 9.97 Å². The number of nitrogens with zero attached hydrogens (tertiary/aromatic N) is 2. The average Bonchev–Trinajstić information content (AvgIpc) is 2.48. The highest BCUT2D eigenvalue weighted by molar-refractivity contribution is 6.08. The van der Waals surface area contributed by atoms with Crippen molar-refractivity contribution < 1.29 is 4.79 Å². The van der Waals surface area contributed by atoms with E-state index >= 15 is 0 Å². The Bertz CT molecular complexity index is 800. The molecule has 0 aliphatic carbocycles. The molecule has 1 amide bonds. The number of nitrogens with two attached hydrogens (primary N) is 2. The number of nitrogen functional groups attached to an aromatic ring is 1. The zero-order valence-corrected chi connectivity index (χ0v) is 10.6. The van der Waals surface area contributed by atoms with Crippen molar-refractivity contribution in [1.29, 1.82) is 0 Å². The summed E-state index contributed by atoms with van der Waals surface area (Å²) in [7, 11) is 0. The van der Waals surface area contributed by atoms with E-state index in [1.807, 2.05) is 30.3 Å². The molecule has 0 saturated carbocycles. The normalized spacial score (nSPS) is 10.6. The van der Waals surface area contributed by atoms with E-state index in [0.717, 1.165) is 5.56 Å². The molecular formula is C15H12N4O. The lowest BCUT2D eigenvalue weighted by Crippen LogP contribution is -2.12. The lowest BCUT2D eigenvalue weighted by atomic mass is 10.1. The minimum Gasteiger partial charge on any atom is -0.397 e. The van der Waals surface area contributed by atoms with Crippen molar-refractivity contribution in [2.24, 2.45) is 5.73 Å². The molecule has 0 radical (unpaired) electrons. The largest absolute Gasteiger partial charge is 0.397 e. The SMILES string of the molecule is NC(=O)c1ccc(N)c2nc(-c3ccccc3)ncc12. The van der Waals surface area contributed by atoms with Crippen LogP contribution in [0, 0.1) is 0 Å². The maximum Gasteiger partial charge on any atom is 0.249 e. The molecule has 0 bridgehead atoms. The Hall–Kier alpha value is -2.95. The number of primary amides is 1. The van der Waals surface area contributed by atoms with Crippen molar-refractivity contribution in [2.45, 2.75) is 0 Å². The summed E-state index contributed by atoms with van der Waals surface area (Å²) in [4.78, 5) is 20.1. The van der Waals surface area contributed by atoms with Gasteiger partial charge in [-0.3, -0.25) is 4.79 Å². The van der Waals surface area contributed by atoms with Crippen molar-refractivity contribution >= 4 is 22.5 Å². The Labute approximate surface area is 115 Å². The Morgan fingerprint density at radius 1 is 1.05 bits per heavy atom. The van der Waals surface area contributed by atoms with Gasteiger partial charge in [-0.1, -0.05) is 30.3 Å². The van der Waals surface area contributed by atoms with Gasteiger partial charge in [-0.15, -0.1) is 0 Å². The zero-order valence-electron chi connectivity index (χ0n) is 10.6. The highest BCUT2D eigenvalue weighted by atomic mass is 16.1. The Balaban J connectivity index is 2.27. The molecule has 3 rings (SSSR count). The predicted octanol–water partition coefficient (Wildman–Crippen LogP) is 1.98. The van der Waals surface area contributed by atoms with Gasteiger partial charge in [0.1, 0.15) is 0 Å². The number of benzene rings is 2. The van der Waals surface area contributed by atoms with Gasteiger partial charge in [0.25, 0.3) is 0 Å². The molecule has 0 fully saturated rings. The van der Waals surface area contributed by atoms with E-state index in [0.29, 0.717) is 28.0 Å². The maximum atomic E-state index is 11.4. The standard InChI is InChI=1S/C15H12N4O/c16-12-7-6-10(14(17)20)11-8-18-15(19-13(11)12)9-4-2-1-3-5-9/h1-8H,16H2,(H2,17,20). The Kier molecular flexibility index (Phi) is 2.80. The van der Waals surface area contributed by atoms with Crippen LogP contribution in [0.2, 0.25) is 0 Å². The number of amides is 1. The van der Waals surface area contributed by atoms with E-state index in [1.54, 1.807) is 18.3 Å². The van der Waals surface area contributed by atoms with Crippen molar-refractivity contribution in [3.63, 3.8) is 0 Å². The van der Waals surface area contributed by atoms with Crippen LogP contribution in [0.4, 0.5) is 5.69 Å². The molecule has 2 aromatic carbocycles. The molecule has 0 saturated heterocycles. The second kappa shape index (κ2) is 4.62. The first kappa shape index (κ1) is 12.1. The van der Waals surface area contributed by atoms with Crippen LogP contribution in [0.15, 0.2) is 48.7 Å². The van der Waals surface area contributed by atoms with Crippen LogP contribution < -0.4 is 11.5 Å². The fourth-order valence-corrected chi connectivity index (χ4v) is 2.08. The first-order valence-electron chi connectivity index (χ1n) is 6.07. The van der Waals surface area contributed by atoms with Gasteiger partial charge in [-0.05, 0) is 12.1 Å². The van der Waals surface area contributed by atoms with E-state index in [1.165, 1.54) is 0 Å². The lowest BCUT2D eigenvalue weighted by molar-refractivity contribution is 0.100. The van der Waals surface area contributed by atoms with Crippen molar-refractivity contribution in [3.05, 3.63) is 54.2 Å². The van der Waals surface area contributed by atoms with E-state index in [2.05, 4.69) is 9.97 Å². The molecule has 5 nitrogen and oxygen atoms in total. The van der Waals surface area contributed by atoms with Crippen LogP contribution in [0.5, 0.6) is 0 Å². The summed E-state index contributed by atoms with van der Waals surface area (Å²) in [5.41, 5.74) is 13.6. The fraction of sp³-hybridized carbons (Fsp3) is 0. The smallest absolute Gasteiger partial charge is 0.249 e. The minimum absolute atomic E-state index is 0.369. The summed E-state index contributed by atoms with van der Waals surface area (Å²) < 4.78 is 0. The van der Waals surface area contributed by atoms with Crippen molar-refractivity contribution in [2.75, 3.05) is 5.73 Å². The molecule has 0 spiro atoms. The van der Waals surface area contributed by atoms with Crippen molar-refractivity contribution in [3.8, 4) is 11.4 Å².